The van der Waals surface area contributed by atoms with Gasteiger partial charge in [0.25, 0.3) is 0 Å². The van der Waals surface area contributed by atoms with E-state index in [1.54, 1.807) is 11.8 Å². The van der Waals surface area contributed by atoms with Crippen LogP contribution in [0.5, 0.6) is 0 Å². The van der Waals surface area contributed by atoms with Crippen LogP contribution in [0.4, 0.5) is 5.69 Å². The number of nitrogens with one attached hydrogen (secondary N) is 1. The summed E-state index contributed by atoms with van der Waals surface area (Å²) in [6, 6.07) is 16.4. The van der Waals surface area contributed by atoms with Gasteiger partial charge in [0.05, 0.1) is 22.5 Å². The Labute approximate surface area is 128 Å². The lowest BCUT2D eigenvalue weighted by molar-refractivity contribution is 0.966. The van der Waals surface area contributed by atoms with Gasteiger partial charge in [0, 0.05) is 0 Å². The first-order valence-corrected chi connectivity index (χ1v) is 7.78. The van der Waals surface area contributed by atoms with Gasteiger partial charge in [-0.1, -0.05) is 65.8 Å². The number of amidine groups is 1. The van der Waals surface area contributed by atoms with Gasteiger partial charge >= 0.3 is 0 Å². The Hall–Kier alpha value is -1.45. The van der Waals surface area contributed by atoms with Crippen molar-refractivity contribution in [1.29, 1.82) is 0 Å². The predicted molar refractivity (Wildman–Crippen MR) is 88.9 cm³/mol. The Balaban J connectivity index is 1.72. The smallest absolute Gasteiger partial charge is 0.161 e. The van der Waals surface area contributed by atoms with Gasteiger partial charge in [-0.3, -0.25) is 4.99 Å². The average Bonchev–Trinajstić information content (AvgIpc) is 2.93. The summed E-state index contributed by atoms with van der Waals surface area (Å²) < 4.78 is 0. The van der Waals surface area contributed by atoms with E-state index in [2.05, 4.69) is 34.6 Å². The van der Waals surface area contributed by atoms with Crippen molar-refractivity contribution in [3.63, 3.8) is 0 Å². The molecule has 0 spiro atoms. The highest BCUT2D eigenvalue weighted by molar-refractivity contribution is 8.14. The zero-order chi connectivity index (χ0) is 13.9. The quantitative estimate of drug-likeness (QED) is 0.853. The molecule has 0 saturated carbocycles. The van der Waals surface area contributed by atoms with Gasteiger partial charge in [-0.05, 0) is 24.1 Å². The van der Waals surface area contributed by atoms with Crippen molar-refractivity contribution in [3.05, 3.63) is 64.7 Å². The van der Waals surface area contributed by atoms with E-state index in [4.69, 9.17) is 11.6 Å². The summed E-state index contributed by atoms with van der Waals surface area (Å²) in [4.78, 5) is 4.58. The summed E-state index contributed by atoms with van der Waals surface area (Å²) in [6.45, 7) is 2.85. The number of hydrogen-bond donors (Lipinski definition) is 1. The maximum atomic E-state index is 6.23. The molecule has 2 nitrogen and oxygen atoms in total. The van der Waals surface area contributed by atoms with Gasteiger partial charge in [0.2, 0.25) is 0 Å². The molecule has 1 unspecified atom stereocenters. The molecule has 1 N–H and O–H groups in total. The summed E-state index contributed by atoms with van der Waals surface area (Å²) in [5, 5.41) is 5.42. The second-order valence-corrected chi connectivity index (χ2v) is 6.32. The lowest BCUT2D eigenvalue weighted by Gasteiger charge is -2.12. The van der Waals surface area contributed by atoms with Crippen LogP contribution in [0.2, 0.25) is 5.02 Å². The molecule has 0 fully saturated rings. The first-order valence-electron chi connectivity index (χ1n) is 6.52. The fourth-order valence-electron chi connectivity index (χ4n) is 2.18. The minimum atomic E-state index is 0.390. The first kappa shape index (κ1) is 13.5. The average molecular weight is 303 g/mol. The molecule has 0 aromatic heterocycles. The van der Waals surface area contributed by atoms with E-state index in [9.17, 15) is 0 Å². The molecule has 0 amide bonds. The van der Waals surface area contributed by atoms with Gasteiger partial charge < -0.3 is 5.32 Å². The number of nitrogens with zero attached hydrogens (tertiary/aromatic N) is 1. The van der Waals surface area contributed by atoms with E-state index < -0.39 is 0 Å². The number of aliphatic imine (C=N–C) groups is 1. The molecule has 4 heteroatoms. The minimum Gasteiger partial charge on any atom is -0.334 e. The molecule has 3 rings (SSSR count). The molecule has 0 saturated heterocycles. The molecular weight excluding hydrogens is 288 g/mol. The first-order chi connectivity index (χ1) is 9.74. The predicted octanol–water partition coefficient (Wildman–Crippen LogP) is 4.90. The van der Waals surface area contributed by atoms with Crippen LogP contribution in [0.3, 0.4) is 0 Å². The van der Waals surface area contributed by atoms with Crippen LogP contribution in [-0.4, -0.2) is 11.7 Å². The molecule has 102 valence electrons. The van der Waals surface area contributed by atoms with Gasteiger partial charge in [0.1, 0.15) is 0 Å². The maximum absolute atomic E-state index is 6.23. The summed E-state index contributed by atoms with van der Waals surface area (Å²) in [7, 11) is 0. The minimum absolute atomic E-state index is 0.390. The second-order valence-electron chi connectivity index (χ2n) is 4.72. The summed E-state index contributed by atoms with van der Waals surface area (Å²) >= 11 is 7.99. The number of anilines is 1. The monoisotopic (exact) mass is 302 g/mol. The molecule has 1 heterocycles. The van der Waals surface area contributed by atoms with Crippen LogP contribution in [0, 0.1) is 6.92 Å². The molecule has 2 aromatic carbocycles. The number of rotatable bonds is 2. The summed E-state index contributed by atoms with van der Waals surface area (Å²) in [6.07, 6.45) is 0. The van der Waals surface area contributed by atoms with E-state index in [0.717, 1.165) is 28.0 Å². The highest BCUT2D eigenvalue weighted by Crippen LogP contribution is 2.36. The van der Waals surface area contributed by atoms with Crippen LogP contribution in [-0.2, 0) is 0 Å². The van der Waals surface area contributed by atoms with Gasteiger partial charge in [0.15, 0.2) is 5.17 Å². The largest absolute Gasteiger partial charge is 0.334 e. The van der Waals surface area contributed by atoms with Crippen LogP contribution in [0.15, 0.2) is 53.5 Å². The number of benzene rings is 2. The van der Waals surface area contributed by atoms with Crippen molar-refractivity contribution >= 4 is 34.2 Å². The van der Waals surface area contributed by atoms with Gasteiger partial charge in [-0.25, -0.2) is 0 Å². The molecule has 1 atom stereocenters. The molecule has 1 aliphatic rings. The lowest BCUT2D eigenvalue weighted by Crippen LogP contribution is -2.07. The fourth-order valence-corrected chi connectivity index (χ4v) is 3.47. The van der Waals surface area contributed by atoms with Crippen LogP contribution < -0.4 is 5.32 Å². The number of halogens is 1. The molecular formula is C16H15ClN2S. The van der Waals surface area contributed by atoms with E-state index in [-0.39, 0.29) is 0 Å². The molecule has 0 bridgehead atoms. The van der Waals surface area contributed by atoms with Crippen molar-refractivity contribution in [2.24, 2.45) is 4.99 Å². The number of hydrogen-bond acceptors (Lipinski definition) is 3. The Kier molecular flexibility index (Phi) is 3.99. The normalized spacial score (nSPS) is 17.9. The van der Waals surface area contributed by atoms with E-state index in [1.807, 2.05) is 31.2 Å². The number of thioether (sulfide) groups is 1. The third-order valence-electron chi connectivity index (χ3n) is 3.28. The summed E-state index contributed by atoms with van der Waals surface area (Å²) in [5.41, 5.74) is 3.40. The van der Waals surface area contributed by atoms with Crippen LogP contribution >= 0.6 is 23.4 Å². The third kappa shape index (κ3) is 2.84. The molecule has 0 aliphatic carbocycles. The van der Waals surface area contributed by atoms with Gasteiger partial charge in [-0.2, -0.15) is 0 Å². The lowest BCUT2D eigenvalue weighted by atomic mass is 10.1. The highest BCUT2D eigenvalue weighted by Gasteiger charge is 2.21. The van der Waals surface area contributed by atoms with Crippen LogP contribution in [0.25, 0.3) is 0 Å². The van der Waals surface area contributed by atoms with E-state index in [0.29, 0.717) is 5.25 Å². The number of para-hydroxylation sites is 1. The molecule has 1 aliphatic heterocycles. The molecule has 2 aromatic rings. The zero-order valence-electron chi connectivity index (χ0n) is 11.1. The van der Waals surface area contributed by atoms with Crippen molar-refractivity contribution in [2.75, 3.05) is 11.9 Å². The third-order valence-corrected chi connectivity index (χ3v) is 4.75. The topological polar surface area (TPSA) is 24.4 Å². The van der Waals surface area contributed by atoms with Crippen molar-refractivity contribution in [3.8, 4) is 0 Å². The maximum Gasteiger partial charge on any atom is 0.161 e. The fraction of sp³-hybridized carbons (Fsp3) is 0.188. The van der Waals surface area contributed by atoms with Crippen LogP contribution in [0.1, 0.15) is 16.4 Å². The highest BCUT2D eigenvalue weighted by atomic mass is 35.5. The Morgan fingerprint density at radius 1 is 1.15 bits per heavy atom. The Bertz CT molecular complexity index is 620. The Morgan fingerprint density at radius 3 is 2.70 bits per heavy atom. The molecule has 20 heavy (non-hydrogen) atoms. The van der Waals surface area contributed by atoms with Crippen molar-refractivity contribution in [1.82, 2.24) is 0 Å². The van der Waals surface area contributed by atoms with Crippen molar-refractivity contribution in [2.45, 2.75) is 12.2 Å². The van der Waals surface area contributed by atoms with E-state index >= 15 is 0 Å². The summed E-state index contributed by atoms with van der Waals surface area (Å²) in [5.74, 6) is 0. The number of aryl methyl sites for hydroxylation is 1. The van der Waals surface area contributed by atoms with Crippen molar-refractivity contribution < 1.29 is 0 Å². The van der Waals surface area contributed by atoms with Gasteiger partial charge in [-0.15, -0.1) is 0 Å². The SMILES string of the molecule is Cc1cccc(Cl)c1NC1=NCC(c2ccccc2)S1. The molecule has 0 radical (unpaired) electrons. The van der Waals surface area contributed by atoms with E-state index in [1.165, 1.54) is 5.56 Å². The Morgan fingerprint density at radius 2 is 1.95 bits per heavy atom. The second kappa shape index (κ2) is 5.90. The standard InChI is InChI=1S/C16H15ClN2S/c1-11-6-5-9-13(17)15(11)19-16-18-10-14(20-16)12-7-3-2-4-8-12/h2-9,14H,10H2,1H3,(H,18,19). The zero-order valence-corrected chi connectivity index (χ0v) is 12.7.